The van der Waals surface area contributed by atoms with Gasteiger partial charge in [0.15, 0.2) is 5.84 Å². The number of aliphatic imine (C=N–C) groups is 1. The number of aryl methyl sites for hydroxylation is 1. The molecule has 4 rings (SSSR count). The van der Waals surface area contributed by atoms with E-state index in [4.69, 9.17) is 11.5 Å². The van der Waals surface area contributed by atoms with E-state index in [1.807, 2.05) is 6.92 Å². The number of thiophene rings is 1. The molecular formula is C15H13N7O2S. The van der Waals surface area contributed by atoms with Crippen LogP contribution in [0.5, 0.6) is 0 Å². The van der Waals surface area contributed by atoms with Gasteiger partial charge in [-0.05, 0) is 19.1 Å². The Bertz CT molecular complexity index is 1000. The van der Waals surface area contributed by atoms with Gasteiger partial charge >= 0.3 is 0 Å². The first-order valence-corrected chi connectivity index (χ1v) is 7.96. The number of aromatic nitrogens is 2. The molecule has 9 nitrogen and oxygen atoms in total. The molecule has 126 valence electrons. The highest BCUT2D eigenvalue weighted by Gasteiger charge is 2.20. The van der Waals surface area contributed by atoms with Crippen LogP contribution in [0.1, 0.15) is 21.8 Å². The molecule has 2 aromatic heterocycles. The van der Waals surface area contributed by atoms with Crippen molar-refractivity contribution in [2.24, 2.45) is 26.7 Å². The zero-order valence-electron chi connectivity index (χ0n) is 13.1. The van der Waals surface area contributed by atoms with Crippen LogP contribution in [0.3, 0.4) is 0 Å². The van der Waals surface area contributed by atoms with E-state index < -0.39 is 11.8 Å². The summed E-state index contributed by atoms with van der Waals surface area (Å²) in [5.41, 5.74) is 12.9. The predicted octanol–water partition coefficient (Wildman–Crippen LogP) is 0.739. The van der Waals surface area contributed by atoms with Gasteiger partial charge in [0.2, 0.25) is 0 Å². The molecule has 10 heteroatoms. The standard InChI is InChI=1S/C8H7N3OS.C7H6N4O/c1-4-3-10-8-5(11-4)2-6(13-8)7(9)12;8-6(12)5-3-4-1-2-9-7(4)11-10-5/h2-3H,1H3,(H2,9,12);1-2H,3H2,(H2,8,12). The van der Waals surface area contributed by atoms with Crippen LogP contribution in [0.2, 0.25) is 0 Å². The lowest BCUT2D eigenvalue weighted by atomic mass is 10.1. The molecule has 0 atom stereocenters. The molecule has 0 radical (unpaired) electrons. The minimum absolute atomic E-state index is 0.288. The maximum atomic E-state index is 10.8. The average molecular weight is 355 g/mol. The molecule has 2 amide bonds. The molecule has 0 aromatic carbocycles. The molecule has 2 aromatic rings. The number of nitrogens with two attached hydrogens (primary N) is 2. The number of amidine groups is 1. The quantitative estimate of drug-likeness (QED) is 0.816. The number of nitrogens with zero attached hydrogens (tertiary/aromatic N) is 5. The molecule has 0 spiro atoms. The fourth-order valence-corrected chi connectivity index (χ4v) is 2.87. The second-order valence-electron chi connectivity index (χ2n) is 5.16. The van der Waals surface area contributed by atoms with Crippen molar-refractivity contribution in [3.8, 4) is 0 Å². The lowest BCUT2D eigenvalue weighted by Crippen LogP contribution is -2.26. The van der Waals surface area contributed by atoms with E-state index in [9.17, 15) is 9.59 Å². The fraction of sp³-hybridized carbons (Fsp3) is 0.133. The number of allylic oxidation sites excluding steroid dienone is 1. The van der Waals surface area contributed by atoms with Crippen molar-refractivity contribution in [3.05, 3.63) is 34.5 Å². The Labute approximate surface area is 145 Å². The van der Waals surface area contributed by atoms with Crippen LogP contribution in [0.4, 0.5) is 0 Å². The number of hydrogen-bond donors (Lipinski definition) is 2. The smallest absolute Gasteiger partial charge is 0.265 e. The van der Waals surface area contributed by atoms with Gasteiger partial charge in [-0.1, -0.05) is 0 Å². The van der Waals surface area contributed by atoms with Gasteiger partial charge in [0, 0.05) is 24.4 Å². The van der Waals surface area contributed by atoms with Crippen molar-refractivity contribution in [1.29, 1.82) is 0 Å². The van der Waals surface area contributed by atoms with Gasteiger partial charge in [-0.2, -0.15) is 0 Å². The topological polar surface area (TPSA) is 149 Å². The molecule has 0 unspecified atom stereocenters. The van der Waals surface area contributed by atoms with E-state index in [-0.39, 0.29) is 5.71 Å². The maximum absolute atomic E-state index is 10.8. The Hall–Kier alpha value is -3.27. The van der Waals surface area contributed by atoms with Crippen LogP contribution in [0.15, 0.2) is 39.1 Å². The van der Waals surface area contributed by atoms with Crippen molar-refractivity contribution in [2.45, 2.75) is 13.3 Å². The lowest BCUT2D eigenvalue weighted by Gasteiger charge is -2.06. The number of carbonyl (C=O) groups is 2. The summed E-state index contributed by atoms with van der Waals surface area (Å²) in [5.74, 6) is -0.368. The zero-order chi connectivity index (χ0) is 18.0. The van der Waals surface area contributed by atoms with Crippen LogP contribution in [0, 0.1) is 6.92 Å². The van der Waals surface area contributed by atoms with Crippen molar-refractivity contribution < 1.29 is 9.59 Å². The number of fused-ring (bicyclic) bond motifs is 2. The Morgan fingerprint density at radius 3 is 2.72 bits per heavy atom. The third-order valence-corrected chi connectivity index (χ3v) is 4.32. The van der Waals surface area contributed by atoms with Gasteiger partial charge in [-0.15, -0.1) is 21.5 Å². The van der Waals surface area contributed by atoms with Crippen molar-refractivity contribution in [2.75, 3.05) is 0 Å². The highest BCUT2D eigenvalue weighted by molar-refractivity contribution is 7.20. The van der Waals surface area contributed by atoms with E-state index >= 15 is 0 Å². The van der Waals surface area contributed by atoms with Crippen molar-refractivity contribution in [1.82, 2.24) is 9.97 Å². The summed E-state index contributed by atoms with van der Waals surface area (Å²) < 4.78 is 0. The largest absolute Gasteiger partial charge is 0.365 e. The van der Waals surface area contributed by atoms with Crippen LogP contribution in [-0.4, -0.2) is 39.5 Å². The normalized spacial score (nSPS) is 14.8. The number of hydrogen-bond acceptors (Lipinski definition) is 8. The number of rotatable bonds is 2. The van der Waals surface area contributed by atoms with Gasteiger partial charge in [0.1, 0.15) is 16.1 Å². The first kappa shape index (κ1) is 16.6. The van der Waals surface area contributed by atoms with E-state index in [2.05, 4.69) is 25.2 Å². The van der Waals surface area contributed by atoms with Gasteiger partial charge in [0.25, 0.3) is 11.8 Å². The molecular weight excluding hydrogens is 342 g/mol. The summed E-state index contributed by atoms with van der Waals surface area (Å²) in [7, 11) is 0. The molecule has 0 bridgehead atoms. The highest BCUT2D eigenvalue weighted by Crippen LogP contribution is 2.21. The van der Waals surface area contributed by atoms with Crippen LogP contribution in [0.25, 0.3) is 10.3 Å². The summed E-state index contributed by atoms with van der Waals surface area (Å²) >= 11 is 1.27. The van der Waals surface area contributed by atoms with Gasteiger partial charge in [-0.25, -0.2) is 15.0 Å². The molecule has 25 heavy (non-hydrogen) atoms. The minimum Gasteiger partial charge on any atom is -0.365 e. The van der Waals surface area contributed by atoms with Gasteiger partial charge in [-0.3, -0.25) is 9.59 Å². The number of amides is 2. The molecule has 0 saturated heterocycles. The second kappa shape index (κ2) is 6.69. The Balaban J connectivity index is 0.000000146. The SMILES string of the molecule is Cc1cnc2sc(C(N)=O)cc2n1.NC(=O)C1=NN=C2N=CC=C2C1. The third-order valence-electron chi connectivity index (χ3n) is 3.27. The molecule has 4 heterocycles. The van der Waals surface area contributed by atoms with Crippen LogP contribution < -0.4 is 11.5 Å². The maximum Gasteiger partial charge on any atom is 0.265 e. The molecule has 2 aliphatic heterocycles. The third kappa shape index (κ3) is 3.63. The summed E-state index contributed by atoms with van der Waals surface area (Å²) in [6, 6.07) is 1.67. The van der Waals surface area contributed by atoms with E-state index in [0.717, 1.165) is 21.6 Å². The second-order valence-corrected chi connectivity index (χ2v) is 6.19. The zero-order valence-corrected chi connectivity index (χ0v) is 13.9. The molecule has 0 fully saturated rings. The highest BCUT2D eigenvalue weighted by atomic mass is 32.1. The Kier molecular flexibility index (Phi) is 4.44. The summed E-state index contributed by atoms with van der Waals surface area (Å²) in [4.78, 5) is 35.1. The summed E-state index contributed by atoms with van der Waals surface area (Å²) in [5, 5.41) is 7.38. The Morgan fingerprint density at radius 2 is 2.00 bits per heavy atom. The lowest BCUT2D eigenvalue weighted by molar-refractivity contribution is -0.112. The molecule has 0 aliphatic carbocycles. The van der Waals surface area contributed by atoms with Gasteiger partial charge in [0.05, 0.1) is 10.6 Å². The van der Waals surface area contributed by atoms with Crippen LogP contribution in [-0.2, 0) is 4.79 Å². The summed E-state index contributed by atoms with van der Waals surface area (Å²) in [6.45, 7) is 1.86. The fourth-order valence-electron chi connectivity index (χ4n) is 2.08. The first-order chi connectivity index (χ1) is 11.9. The molecule has 0 saturated carbocycles. The van der Waals surface area contributed by atoms with E-state index in [1.165, 1.54) is 11.3 Å². The van der Waals surface area contributed by atoms with Crippen molar-refractivity contribution >= 4 is 51.3 Å². The minimum atomic E-state index is -0.523. The summed E-state index contributed by atoms with van der Waals surface area (Å²) in [6.07, 6.45) is 5.54. The van der Waals surface area contributed by atoms with Crippen LogP contribution >= 0.6 is 11.3 Å². The number of carbonyl (C=O) groups excluding carboxylic acids is 2. The van der Waals surface area contributed by atoms with Gasteiger partial charge < -0.3 is 11.5 Å². The first-order valence-electron chi connectivity index (χ1n) is 7.15. The van der Waals surface area contributed by atoms with E-state index in [1.54, 1.807) is 24.6 Å². The Morgan fingerprint density at radius 1 is 1.20 bits per heavy atom. The van der Waals surface area contributed by atoms with Crippen molar-refractivity contribution in [3.63, 3.8) is 0 Å². The monoisotopic (exact) mass is 355 g/mol. The van der Waals surface area contributed by atoms with E-state index in [0.29, 0.717) is 17.1 Å². The predicted molar refractivity (Wildman–Crippen MR) is 95.9 cm³/mol. The molecule has 4 N–H and O–H groups in total. The average Bonchev–Trinajstić information content (AvgIpc) is 3.20. The molecule has 2 aliphatic rings. The number of primary amides is 2.